The highest BCUT2D eigenvalue weighted by Crippen LogP contribution is 2.32. The molecule has 0 aliphatic carbocycles. The summed E-state index contributed by atoms with van der Waals surface area (Å²) >= 11 is 17.7. The van der Waals surface area contributed by atoms with Crippen LogP contribution in [0.5, 0.6) is 0 Å². The molecule has 0 atom stereocenters. The van der Waals surface area contributed by atoms with Crippen LogP contribution >= 0.6 is 34.8 Å². The van der Waals surface area contributed by atoms with Crippen LogP contribution in [0.3, 0.4) is 0 Å². The lowest BCUT2D eigenvalue weighted by atomic mass is 10.1. The molecule has 20 heavy (non-hydrogen) atoms. The van der Waals surface area contributed by atoms with Gasteiger partial charge in [-0.15, -0.1) is 0 Å². The van der Waals surface area contributed by atoms with Crippen LogP contribution in [-0.2, 0) is 0 Å². The van der Waals surface area contributed by atoms with Crippen molar-refractivity contribution in [1.29, 1.82) is 5.26 Å². The van der Waals surface area contributed by atoms with Crippen molar-refractivity contribution in [2.24, 2.45) is 0 Å². The largest absolute Gasteiger partial charge is 0.321 e. The lowest BCUT2D eigenvalue weighted by Crippen LogP contribution is -2.12. The van der Waals surface area contributed by atoms with Gasteiger partial charge in [-0.05, 0) is 30.3 Å². The Morgan fingerprint density at radius 2 is 1.75 bits per heavy atom. The van der Waals surface area contributed by atoms with Crippen LogP contribution in [0.1, 0.15) is 15.9 Å². The Hall–Kier alpha value is -1.73. The molecule has 0 saturated carbocycles. The number of nitriles is 1. The average molecular weight is 326 g/mol. The zero-order valence-electron chi connectivity index (χ0n) is 9.95. The van der Waals surface area contributed by atoms with Gasteiger partial charge in [0.05, 0.1) is 32.4 Å². The number of halogens is 3. The molecule has 0 saturated heterocycles. The molecule has 6 heteroatoms. The van der Waals surface area contributed by atoms with Crippen LogP contribution in [0.2, 0.25) is 15.1 Å². The molecule has 0 aromatic heterocycles. The first kappa shape index (κ1) is 14.7. The number of anilines is 1. The van der Waals surface area contributed by atoms with E-state index in [0.29, 0.717) is 21.8 Å². The Morgan fingerprint density at radius 3 is 2.45 bits per heavy atom. The molecule has 0 radical (unpaired) electrons. The summed E-state index contributed by atoms with van der Waals surface area (Å²) < 4.78 is 0. The lowest BCUT2D eigenvalue weighted by Gasteiger charge is -2.09. The molecule has 0 aliphatic rings. The van der Waals surface area contributed by atoms with Crippen LogP contribution < -0.4 is 5.32 Å². The third kappa shape index (κ3) is 3.23. The van der Waals surface area contributed by atoms with E-state index in [4.69, 9.17) is 40.1 Å². The van der Waals surface area contributed by atoms with E-state index in [1.165, 1.54) is 18.2 Å². The van der Waals surface area contributed by atoms with E-state index in [0.717, 1.165) is 0 Å². The number of amides is 1. The van der Waals surface area contributed by atoms with Crippen molar-refractivity contribution in [3.63, 3.8) is 0 Å². The monoisotopic (exact) mass is 324 g/mol. The summed E-state index contributed by atoms with van der Waals surface area (Å²) in [5.41, 5.74) is 1.11. The first-order chi connectivity index (χ1) is 9.51. The molecule has 0 spiro atoms. The molecule has 2 aromatic rings. The molecular formula is C14H7Cl3N2O. The fourth-order valence-electron chi connectivity index (χ4n) is 1.54. The van der Waals surface area contributed by atoms with Gasteiger partial charge in [-0.25, -0.2) is 0 Å². The highest BCUT2D eigenvalue weighted by atomic mass is 35.5. The predicted octanol–water partition coefficient (Wildman–Crippen LogP) is 4.77. The first-order valence-electron chi connectivity index (χ1n) is 5.47. The number of nitrogens with zero attached hydrogens (tertiary/aromatic N) is 1. The minimum atomic E-state index is -0.387. The van der Waals surface area contributed by atoms with Gasteiger partial charge in [-0.1, -0.05) is 40.9 Å². The summed E-state index contributed by atoms with van der Waals surface area (Å²) in [4.78, 5) is 12.1. The Labute approximate surface area is 130 Å². The zero-order chi connectivity index (χ0) is 14.7. The molecule has 0 heterocycles. The third-order valence-corrected chi connectivity index (χ3v) is 3.55. The molecular weight excluding hydrogens is 319 g/mol. The molecule has 3 nitrogen and oxygen atoms in total. The van der Waals surface area contributed by atoms with Crippen LogP contribution in [-0.4, -0.2) is 5.91 Å². The number of benzene rings is 2. The lowest BCUT2D eigenvalue weighted by molar-refractivity contribution is 0.102. The second kappa shape index (κ2) is 6.15. The van der Waals surface area contributed by atoms with Crippen LogP contribution in [0.25, 0.3) is 0 Å². The van der Waals surface area contributed by atoms with Gasteiger partial charge in [-0.3, -0.25) is 4.79 Å². The molecule has 0 aliphatic heterocycles. The van der Waals surface area contributed by atoms with Gasteiger partial charge in [0.25, 0.3) is 5.91 Å². The molecule has 0 fully saturated rings. The summed E-state index contributed by atoms with van der Waals surface area (Å²) in [7, 11) is 0. The van der Waals surface area contributed by atoms with Crippen molar-refractivity contribution < 1.29 is 4.79 Å². The topological polar surface area (TPSA) is 52.9 Å². The zero-order valence-corrected chi connectivity index (χ0v) is 12.2. The van der Waals surface area contributed by atoms with E-state index in [9.17, 15) is 4.79 Å². The fourth-order valence-corrected chi connectivity index (χ4v) is 2.14. The molecule has 1 amide bonds. The van der Waals surface area contributed by atoms with Crippen molar-refractivity contribution in [3.8, 4) is 6.07 Å². The van der Waals surface area contributed by atoms with E-state index < -0.39 is 0 Å². The molecule has 1 N–H and O–H groups in total. The number of carbonyl (C=O) groups is 1. The molecule has 0 unspecified atom stereocenters. The third-order valence-electron chi connectivity index (χ3n) is 2.51. The minimum absolute atomic E-state index is 0.282. The van der Waals surface area contributed by atoms with Gasteiger partial charge in [0.15, 0.2) is 0 Å². The standard InChI is InChI=1S/C14H7Cl3N2O/c15-10-5-12(17)13(6-11(10)16)19-14(20)9-3-1-2-8(4-9)7-18/h1-6H,(H,19,20). The van der Waals surface area contributed by atoms with Gasteiger partial charge >= 0.3 is 0 Å². The highest BCUT2D eigenvalue weighted by molar-refractivity contribution is 6.44. The maximum absolute atomic E-state index is 12.1. The quantitative estimate of drug-likeness (QED) is 0.808. The van der Waals surface area contributed by atoms with Crippen LogP contribution in [0.4, 0.5) is 5.69 Å². The second-order valence-corrected chi connectivity index (χ2v) is 5.11. The SMILES string of the molecule is N#Cc1cccc(C(=O)Nc2cc(Cl)c(Cl)cc2Cl)c1. The maximum atomic E-state index is 12.1. The predicted molar refractivity (Wildman–Crippen MR) is 80.6 cm³/mol. The van der Waals surface area contributed by atoms with E-state index in [1.54, 1.807) is 18.2 Å². The van der Waals surface area contributed by atoms with Gasteiger partial charge in [0.2, 0.25) is 0 Å². The number of rotatable bonds is 2. The summed E-state index contributed by atoms with van der Waals surface area (Å²) in [6.45, 7) is 0. The van der Waals surface area contributed by atoms with Crippen molar-refractivity contribution in [2.75, 3.05) is 5.32 Å². The van der Waals surface area contributed by atoms with Gasteiger partial charge < -0.3 is 5.32 Å². The summed E-state index contributed by atoms with van der Waals surface area (Å²) in [5, 5.41) is 12.3. The van der Waals surface area contributed by atoms with E-state index in [1.807, 2.05) is 6.07 Å². The number of nitrogens with one attached hydrogen (secondary N) is 1. The summed E-state index contributed by atoms with van der Waals surface area (Å²) in [6.07, 6.45) is 0. The van der Waals surface area contributed by atoms with Gasteiger partial charge in [0.1, 0.15) is 0 Å². The number of hydrogen-bond donors (Lipinski definition) is 1. The molecule has 100 valence electrons. The van der Waals surface area contributed by atoms with Crippen LogP contribution in [0.15, 0.2) is 36.4 Å². The molecule has 2 rings (SSSR count). The molecule has 0 bridgehead atoms. The smallest absolute Gasteiger partial charge is 0.255 e. The Kier molecular flexibility index (Phi) is 4.51. The Balaban J connectivity index is 2.28. The summed E-state index contributed by atoms with van der Waals surface area (Å²) in [5.74, 6) is -0.387. The number of hydrogen-bond acceptors (Lipinski definition) is 2. The maximum Gasteiger partial charge on any atom is 0.255 e. The van der Waals surface area contributed by atoms with Gasteiger partial charge in [-0.2, -0.15) is 5.26 Å². The minimum Gasteiger partial charge on any atom is -0.321 e. The van der Waals surface area contributed by atoms with E-state index in [2.05, 4.69) is 5.32 Å². The Morgan fingerprint density at radius 1 is 1.05 bits per heavy atom. The molecule has 2 aromatic carbocycles. The fraction of sp³-hybridized carbons (Fsp3) is 0. The Bertz CT molecular complexity index is 723. The average Bonchev–Trinajstić information content (AvgIpc) is 2.44. The normalized spacial score (nSPS) is 9.90. The number of carbonyl (C=O) groups excluding carboxylic acids is 1. The van der Waals surface area contributed by atoms with Crippen molar-refractivity contribution in [1.82, 2.24) is 0 Å². The highest BCUT2D eigenvalue weighted by Gasteiger charge is 2.11. The summed E-state index contributed by atoms with van der Waals surface area (Å²) in [6, 6.07) is 11.2. The van der Waals surface area contributed by atoms with E-state index in [-0.39, 0.29) is 16.0 Å². The second-order valence-electron chi connectivity index (χ2n) is 3.89. The van der Waals surface area contributed by atoms with Crippen molar-refractivity contribution in [2.45, 2.75) is 0 Å². The van der Waals surface area contributed by atoms with Gasteiger partial charge in [0, 0.05) is 5.56 Å². The van der Waals surface area contributed by atoms with E-state index >= 15 is 0 Å². The van der Waals surface area contributed by atoms with Crippen molar-refractivity contribution >= 4 is 46.4 Å². The van der Waals surface area contributed by atoms with Crippen LogP contribution in [0, 0.1) is 11.3 Å². The van der Waals surface area contributed by atoms with Crippen molar-refractivity contribution in [3.05, 3.63) is 62.6 Å². The first-order valence-corrected chi connectivity index (χ1v) is 6.60.